The van der Waals surface area contributed by atoms with Crippen molar-refractivity contribution >= 4 is 50.5 Å². The summed E-state index contributed by atoms with van der Waals surface area (Å²) in [6.07, 6.45) is 2.04. The number of benzene rings is 1. The molecule has 3 rings (SSSR count). The molecule has 0 fully saturated rings. The first kappa shape index (κ1) is 10.6. The lowest BCUT2D eigenvalue weighted by Crippen LogP contribution is -1.83. The number of nitrogens with zero attached hydrogens (tertiary/aromatic N) is 2. The van der Waals surface area contributed by atoms with Crippen LogP contribution in [0.25, 0.3) is 16.2 Å². The highest BCUT2D eigenvalue weighted by atomic mass is 127. The van der Waals surface area contributed by atoms with Crippen LogP contribution >= 0.6 is 45.5 Å². The summed E-state index contributed by atoms with van der Waals surface area (Å²) in [6.45, 7) is 0. The van der Waals surface area contributed by atoms with Crippen LogP contribution in [0.4, 0.5) is 0 Å². The fourth-order valence-electron chi connectivity index (χ4n) is 1.55. The van der Waals surface area contributed by atoms with Crippen LogP contribution in [-0.4, -0.2) is 9.38 Å². The number of rotatable bonds is 1. The summed E-state index contributed by atoms with van der Waals surface area (Å²) in [4.78, 5) is 5.63. The van der Waals surface area contributed by atoms with Gasteiger partial charge in [-0.2, -0.15) is 0 Å². The molecule has 0 aliphatic rings. The number of halogens is 2. The SMILES string of the molecule is Clc1ccc(-c2nc3sccn3c2I)cc1. The van der Waals surface area contributed by atoms with Crippen molar-refractivity contribution in [3.05, 3.63) is 44.6 Å². The van der Waals surface area contributed by atoms with Crippen molar-refractivity contribution in [2.45, 2.75) is 0 Å². The molecule has 0 saturated carbocycles. The second-order valence-electron chi connectivity index (χ2n) is 3.31. The minimum atomic E-state index is 0.750. The van der Waals surface area contributed by atoms with Crippen molar-refractivity contribution in [2.24, 2.45) is 0 Å². The van der Waals surface area contributed by atoms with Crippen LogP contribution in [0, 0.1) is 3.70 Å². The minimum Gasteiger partial charge on any atom is -0.285 e. The largest absolute Gasteiger partial charge is 0.285 e. The molecule has 0 saturated heterocycles. The molecule has 5 heteroatoms. The zero-order valence-corrected chi connectivity index (χ0v) is 11.8. The summed E-state index contributed by atoms with van der Waals surface area (Å²) in [5.74, 6) is 0. The lowest BCUT2D eigenvalue weighted by molar-refractivity contribution is 1.19. The van der Waals surface area contributed by atoms with Crippen molar-refractivity contribution in [1.82, 2.24) is 9.38 Å². The molecule has 0 spiro atoms. The summed E-state index contributed by atoms with van der Waals surface area (Å²) in [6, 6.07) is 7.77. The maximum Gasteiger partial charge on any atom is 0.195 e. The first-order valence-electron chi connectivity index (χ1n) is 4.63. The minimum absolute atomic E-state index is 0.750. The van der Waals surface area contributed by atoms with E-state index in [2.05, 4.69) is 32.0 Å². The Labute approximate surface area is 115 Å². The molecule has 0 atom stereocenters. The molecule has 2 heterocycles. The molecular formula is C11H6ClIN2S. The first-order chi connectivity index (χ1) is 7.75. The predicted octanol–water partition coefficient (Wildman–Crippen LogP) is 4.32. The van der Waals surface area contributed by atoms with Crippen LogP contribution in [0.2, 0.25) is 5.02 Å². The summed E-state index contributed by atoms with van der Waals surface area (Å²) < 4.78 is 3.23. The molecular weight excluding hydrogens is 355 g/mol. The molecule has 0 aliphatic heterocycles. The van der Waals surface area contributed by atoms with Crippen LogP contribution in [0.3, 0.4) is 0 Å². The summed E-state index contributed by atoms with van der Waals surface area (Å²) >= 11 is 9.83. The van der Waals surface area contributed by atoms with E-state index in [9.17, 15) is 0 Å². The average Bonchev–Trinajstić information content (AvgIpc) is 2.84. The zero-order chi connectivity index (χ0) is 11.1. The lowest BCUT2D eigenvalue weighted by Gasteiger charge is -1.97. The number of hydrogen-bond donors (Lipinski definition) is 0. The van der Waals surface area contributed by atoms with Crippen LogP contribution < -0.4 is 0 Å². The topological polar surface area (TPSA) is 17.3 Å². The second kappa shape index (κ2) is 4.01. The van der Waals surface area contributed by atoms with Gasteiger partial charge in [0.15, 0.2) is 4.96 Å². The molecule has 3 aromatic rings. The molecule has 2 nitrogen and oxygen atoms in total. The van der Waals surface area contributed by atoms with E-state index >= 15 is 0 Å². The van der Waals surface area contributed by atoms with Gasteiger partial charge in [0.05, 0.1) is 0 Å². The van der Waals surface area contributed by atoms with Crippen LogP contribution in [-0.2, 0) is 0 Å². The number of aromatic nitrogens is 2. The van der Waals surface area contributed by atoms with E-state index in [-0.39, 0.29) is 0 Å². The average molecular weight is 361 g/mol. The Bertz CT molecular complexity index is 642. The van der Waals surface area contributed by atoms with Gasteiger partial charge in [-0.3, -0.25) is 4.40 Å². The fraction of sp³-hybridized carbons (Fsp3) is 0. The molecule has 0 N–H and O–H groups in total. The molecule has 0 aliphatic carbocycles. The number of imidazole rings is 1. The van der Waals surface area contributed by atoms with Crippen LogP contribution in [0.5, 0.6) is 0 Å². The molecule has 80 valence electrons. The maximum atomic E-state index is 5.87. The lowest BCUT2D eigenvalue weighted by atomic mass is 10.2. The first-order valence-corrected chi connectivity index (χ1v) is 6.96. The maximum absolute atomic E-state index is 5.87. The highest BCUT2D eigenvalue weighted by molar-refractivity contribution is 14.1. The Morgan fingerprint density at radius 2 is 2.00 bits per heavy atom. The third-order valence-corrected chi connectivity index (χ3v) is 4.36. The summed E-state index contributed by atoms with van der Waals surface area (Å²) in [7, 11) is 0. The Morgan fingerprint density at radius 1 is 1.25 bits per heavy atom. The van der Waals surface area contributed by atoms with Crippen molar-refractivity contribution < 1.29 is 0 Å². The molecule has 0 bridgehead atoms. The van der Waals surface area contributed by atoms with Gasteiger partial charge in [-0.05, 0) is 34.7 Å². The Balaban J connectivity index is 2.21. The van der Waals surface area contributed by atoms with Gasteiger partial charge in [-0.1, -0.05) is 23.7 Å². The van der Waals surface area contributed by atoms with E-state index in [1.807, 2.05) is 35.8 Å². The normalized spacial score (nSPS) is 11.1. The molecule has 1 aromatic carbocycles. The van der Waals surface area contributed by atoms with Gasteiger partial charge in [0.25, 0.3) is 0 Å². The summed E-state index contributed by atoms with van der Waals surface area (Å²) in [5, 5.41) is 2.79. The molecule has 0 amide bonds. The third-order valence-electron chi connectivity index (χ3n) is 2.32. The summed E-state index contributed by atoms with van der Waals surface area (Å²) in [5.41, 5.74) is 2.12. The van der Waals surface area contributed by atoms with Gasteiger partial charge in [0.2, 0.25) is 0 Å². The zero-order valence-electron chi connectivity index (χ0n) is 8.02. The smallest absolute Gasteiger partial charge is 0.195 e. The van der Waals surface area contributed by atoms with Crippen molar-refractivity contribution in [3.63, 3.8) is 0 Å². The van der Waals surface area contributed by atoms with E-state index in [1.54, 1.807) is 11.3 Å². The van der Waals surface area contributed by atoms with E-state index in [0.717, 1.165) is 24.9 Å². The van der Waals surface area contributed by atoms with Gasteiger partial charge in [0, 0.05) is 22.2 Å². The van der Waals surface area contributed by atoms with Crippen molar-refractivity contribution in [1.29, 1.82) is 0 Å². The Hall–Kier alpha value is -0.590. The third kappa shape index (κ3) is 1.65. The van der Waals surface area contributed by atoms with Crippen molar-refractivity contribution in [3.8, 4) is 11.3 Å². The Morgan fingerprint density at radius 3 is 2.69 bits per heavy atom. The molecule has 0 unspecified atom stereocenters. The van der Waals surface area contributed by atoms with Crippen LogP contribution in [0.15, 0.2) is 35.8 Å². The van der Waals surface area contributed by atoms with E-state index < -0.39 is 0 Å². The fourth-order valence-corrected chi connectivity index (χ4v) is 3.37. The number of fused-ring (bicyclic) bond motifs is 1. The highest BCUT2D eigenvalue weighted by Gasteiger charge is 2.11. The molecule has 16 heavy (non-hydrogen) atoms. The van der Waals surface area contributed by atoms with E-state index in [0.29, 0.717) is 0 Å². The van der Waals surface area contributed by atoms with E-state index in [1.165, 1.54) is 0 Å². The van der Waals surface area contributed by atoms with Crippen molar-refractivity contribution in [2.75, 3.05) is 0 Å². The predicted molar refractivity (Wildman–Crippen MR) is 76.2 cm³/mol. The van der Waals surface area contributed by atoms with Gasteiger partial charge in [-0.15, -0.1) is 11.3 Å². The van der Waals surface area contributed by atoms with Gasteiger partial charge in [0.1, 0.15) is 9.39 Å². The second-order valence-corrected chi connectivity index (χ2v) is 5.64. The molecule has 2 aromatic heterocycles. The molecule has 0 radical (unpaired) electrons. The van der Waals surface area contributed by atoms with Gasteiger partial charge in [-0.25, -0.2) is 4.98 Å². The number of hydrogen-bond acceptors (Lipinski definition) is 2. The standard InChI is InChI=1S/C11H6ClIN2S/c12-8-3-1-7(2-4-8)9-10(13)15-5-6-16-11(15)14-9/h1-6H. The quantitative estimate of drug-likeness (QED) is 0.591. The van der Waals surface area contributed by atoms with Gasteiger partial charge >= 0.3 is 0 Å². The highest BCUT2D eigenvalue weighted by Crippen LogP contribution is 2.28. The van der Waals surface area contributed by atoms with E-state index in [4.69, 9.17) is 11.6 Å². The monoisotopic (exact) mass is 360 g/mol. The number of thiazole rings is 1. The van der Waals surface area contributed by atoms with Gasteiger partial charge < -0.3 is 0 Å². The Kier molecular flexibility index (Phi) is 2.65. The van der Waals surface area contributed by atoms with Crippen LogP contribution in [0.1, 0.15) is 0 Å².